The van der Waals surface area contributed by atoms with Crippen LogP contribution < -0.4 is 0 Å². The number of thiophene rings is 1. The zero-order valence-corrected chi connectivity index (χ0v) is 30.7. The number of nitrogens with zero attached hydrogens (tertiary/aromatic N) is 3. The molecule has 0 N–H and O–H groups in total. The van der Waals surface area contributed by atoms with Crippen LogP contribution in [-0.4, -0.2) is 15.0 Å². The molecule has 0 fully saturated rings. The maximum Gasteiger partial charge on any atom is 0.164 e. The Balaban J connectivity index is 1.11. The lowest BCUT2D eigenvalue weighted by atomic mass is 9.90. The summed E-state index contributed by atoms with van der Waals surface area (Å²) < 4.78 is 8.73. The molecular formula is C51H29N3OS. The molecule has 0 saturated heterocycles. The minimum absolute atomic E-state index is 0.596. The Bertz CT molecular complexity index is 3510. The van der Waals surface area contributed by atoms with Crippen LogP contribution in [0, 0.1) is 0 Å². The quantitative estimate of drug-likeness (QED) is 0.169. The fraction of sp³-hybridized carbons (Fsp3) is 0. The van der Waals surface area contributed by atoms with Crippen molar-refractivity contribution in [3.8, 4) is 45.3 Å². The van der Waals surface area contributed by atoms with Crippen molar-refractivity contribution in [1.29, 1.82) is 0 Å². The van der Waals surface area contributed by atoms with Crippen LogP contribution in [0.1, 0.15) is 0 Å². The first-order valence-electron chi connectivity index (χ1n) is 18.8. The monoisotopic (exact) mass is 731 g/mol. The van der Waals surface area contributed by atoms with Crippen molar-refractivity contribution in [1.82, 2.24) is 15.0 Å². The Morgan fingerprint density at radius 3 is 1.61 bits per heavy atom. The van der Waals surface area contributed by atoms with Gasteiger partial charge < -0.3 is 4.42 Å². The lowest BCUT2D eigenvalue weighted by Gasteiger charge is -2.14. The zero-order chi connectivity index (χ0) is 36.7. The van der Waals surface area contributed by atoms with E-state index in [1.54, 1.807) is 0 Å². The molecule has 3 aromatic heterocycles. The van der Waals surface area contributed by atoms with E-state index in [4.69, 9.17) is 19.4 Å². The van der Waals surface area contributed by atoms with Gasteiger partial charge in [-0.05, 0) is 85.9 Å². The number of furan rings is 1. The maximum atomic E-state index is 6.30. The Morgan fingerprint density at radius 1 is 0.321 bits per heavy atom. The second-order valence-electron chi connectivity index (χ2n) is 14.3. The van der Waals surface area contributed by atoms with Gasteiger partial charge in [0.05, 0.1) is 0 Å². The standard InChI is InChI=1S/C51H29N3OS/c1-2-12-30(13-3-1)49-52-50(32-23-25-40-39-18-8-10-20-44(39)55-45(40)28-32)54-51(53-49)33-27-42(48-41-19-9-11-21-46(41)56-47(48)29-33)31-22-24-38-36-16-5-4-14-34(36)35-15-6-7-17-37(35)43(38)26-31/h1-29H. The molecule has 12 aromatic rings. The van der Waals surface area contributed by atoms with Crippen molar-refractivity contribution in [2.24, 2.45) is 0 Å². The molecule has 0 spiro atoms. The molecule has 0 aliphatic carbocycles. The Morgan fingerprint density at radius 2 is 0.857 bits per heavy atom. The van der Waals surface area contributed by atoms with Gasteiger partial charge in [-0.15, -0.1) is 11.3 Å². The highest BCUT2D eigenvalue weighted by Gasteiger charge is 2.19. The van der Waals surface area contributed by atoms with Gasteiger partial charge in [0.2, 0.25) is 0 Å². The molecule has 260 valence electrons. The Labute approximate surface area is 325 Å². The van der Waals surface area contributed by atoms with Crippen LogP contribution in [0.4, 0.5) is 0 Å². The molecule has 0 aliphatic rings. The van der Waals surface area contributed by atoms with Gasteiger partial charge in [-0.1, -0.05) is 133 Å². The highest BCUT2D eigenvalue weighted by atomic mass is 32.1. The van der Waals surface area contributed by atoms with E-state index in [1.165, 1.54) is 52.5 Å². The van der Waals surface area contributed by atoms with Crippen LogP contribution >= 0.6 is 11.3 Å². The average molecular weight is 732 g/mol. The normalized spacial score (nSPS) is 11.9. The molecule has 0 saturated carbocycles. The SMILES string of the molecule is c1ccc(-c2nc(-c3ccc4c(c3)oc3ccccc34)nc(-c3cc(-c4ccc5c6ccccc6c6ccccc6c5c4)c4c(c3)sc3ccccc34)n2)cc1. The molecule has 0 amide bonds. The predicted octanol–water partition coefficient (Wildman–Crippen LogP) is 14.3. The largest absolute Gasteiger partial charge is 0.456 e. The Hall–Kier alpha value is -7.21. The third-order valence-electron chi connectivity index (χ3n) is 11.1. The van der Waals surface area contributed by atoms with E-state index in [2.05, 4.69) is 133 Å². The fourth-order valence-electron chi connectivity index (χ4n) is 8.50. The van der Waals surface area contributed by atoms with E-state index in [9.17, 15) is 0 Å². The van der Waals surface area contributed by atoms with Crippen molar-refractivity contribution in [2.45, 2.75) is 0 Å². The minimum atomic E-state index is 0.596. The smallest absolute Gasteiger partial charge is 0.164 e. The van der Waals surface area contributed by atoms with E-state index >= 15 is 0 Å². The molecule has 9 aromatic carbocycles. The molecule has 4 nitrogen and oxygen atoms in total. The number of para-hydroxylation sites is 1. The van der Waals surface area contributed by atoms with Gasteiger partial charge in [-0.2, -0.15) is 0 Å². The highest BCUT2D eigenvalue weighted by molar-refractivity contribution is 7.26. The molecule has 56 heavy (non-hydrogen) atoms. The average Bonchev–Trinajstić information content (AvgIpc) is 3.84. The summed E-state index contributed by atoms with van der Waals surface area (Å²) in [6, 6.07) is 62.3. The second-order valence-corrected chi connectivity index (χ2v) is 15.4. The minimum Gasteiger partial charge on any atom is -0.456 e. The number of aromatic nitrogens is 3. The molecule has 0 bridgehead atoms. The summed E-state index contributed by atoms with van der Waals surface area (Å²) in [5, 5.41) is 12.2. The van der Waals surface area contributed by atoms with Crippen LogP contribution in [0.3, 0.4) is 0 Å². The van der Waals surface area contributed by atoms with E-state index in [-0.39, 0.29) is 0 Å². The summed E-state index contributed by atoms with van der Waals surface area (Å²) in [5.41, 5.74) is 6.71. The molecule has 3 heterocycles. The number of hydrogen-bond acceptors (Lipinski definition) is 5. The number of fused-ring (bicyclic) bond motifs is 12. The molecule has 0 aliphatic heterocycles. The number of hydrogen-bond donors (Lipinski definition) is 0. The van der Waals surface area contributed by atoms with Gasteiger partial charge in [-0.3, -0.25) is 0 Å². The summed E-state index contributed by atoms with van der Waals surface area (Å²) >= 11 is 1.81. The summed E-state index contributed by atoms with van der Waals surface area (Å²) in [7, 11) is 0. The fourth-order valence-corrected chi connectivity index (χ4v) is 9.67. The number of rotatable bonds is 4. The first-order chi connectivity index (χ1) is 27.7. The predicted molar refractivity (Wildman–Crippen MR) is 234 cm³/mol. The van der Waals surface area contributed by atoms with E-state index in [0.717, 1.165) is 49.8 Å². The van der Waals surface area contributed by atoms with Gasteiger partial charge in [0.25, 0.3) is 0 Å². The van der Waals surface area contributed by atoms with Gasteiger partial charge in [0, 0.05) is 47.6 Å². The summed E-state index contributed by atoms with van der Waals surface area (Å²) in [5.74, 6) is 1.84. The van der Waals surface area contributed by atoms with E-state index < -0.39 is 0 Å². The first kappa shape index (κ1) is 31.2. The van der Waals surface area contributed by atoms with Crippen molar-refractivity contribution in [2.75, 3.05) is 0 Å². The zero-order valence-electron chi connectivity index (χ0n) is 29.9. The van der Waals surface area contributed by atoms with Crippen LogP contribution in [0.15, 0.2) is 180 Å². The van der Waals surface area contributed by atoms with E-state index in [1.807, 2.05) is 53.8 Å². The Kier molecular flexibility index (Phi) is 6.76. The van der Waals surface area contributed by atoms with Gasteiger partial charge in [0.1, 0.15) is 11.2 Å². The van der Waals surface area contributed by atoms with Gasteiger partial charge in [0.15, 0.2) is 17.5 Å². The van der Waals surface area contributed by atoms with Crippen molar-refractivity contribution in [3.63, 3.8) is 0 Å². The number of benzene rings is 9. The van der Waals surface area contributed by atoms with Gasteiger partial charge >= 0.3 is 0 Å². The lowest BCUT2D eigenvalue weighted by Crippen LogP contribution is -2.00. The molecule has 12 rings (SSSR count). The summed E-state index contributed by atoms with van der Waals surface area (Å²) in [6.07, 6.45) is 0. The summed E-state index contributed by atoms with van der Waals surface area (Å²) in [6.45, 7) is 0. The molecule has 0 atom stereocenters. The summed E-state index contributed by atoms with van der Waals surface area (Å²) in [4.78, 5) is 15.5. The van der Waals surface area contributed by atoms with E-state index in [0.29, 0.717) is 17.5 Å². The van der Waals surface area contributed by atoms with Crippen molar-refractivity contribution < 1.29 is 4.42 Å². The highest BCUT2D eigenvalue weighted by Crippen LogP contribution is 2.45. The van der Waals surface area contributed by atoms with Crippen LogP contribution in [0.5, 0.6) is 0 Å². The third kappa shape index (κ3) is 4.81. The van der Waals surface area contributed by atoms with Crippen LogP contribution in [0.2, 0.25) is 0 Å². The van der Waals surface area contributed by atoms with Gasteiger partial charge in [-0.25, -0.2) is 15.0 Å². The molecular weight excluding hydrogens is 703 g/mol. The van der Waals surface area contributed by atoms with Crippen LogP contribution in [-0.2, 0) is 0 Å². The topological polar surface area (TPSA) is 51.8 Å². The first-order valence-corrected chi connectivity index (χ1v) is 19.6. The van der Waals surface area contributed by atoms with Crippen molar-refractivity contribution in [3.05, 3.63) is 176 Å². The third-order valence-corrected chi connectivity index (χ3v) is 12.2. The molecule has 0 unspecified atom stereocenters. The second kappa shape index (κ2) is 12.2. The molecule has 0 radical (unpaired) electrons. The van der Waals surface area contributed by atoms with Crippen LogP contribution in [0.25, 0.3) is 120 Å². The maximum absolute atomic E-state index is 6.30. The lowest BCUT2D eigenvalue weighted by molar-refractivity contribution is 0.669. The van der Waals surface area contributed by atoms with Crippen molar-refractivity contribution >= 4 is 85.8 Å². The molecule has 5 heteroatoms.